The highest BCUT2D eigenvalue weighted by atomic mass is 32.2. The normalized spacial score (nSPS) is 13.2. The van der Waals surface area contributed by atoms with Gasteiger partial charge in [-0.25, -0.2) is 13.2 Å². The van der Waals surface area contributed by atoms with Crippen LogP contribution in [0.4, 0.5) is 5.69 Å². The fourth-order valence-electron chi connectivity index (χ4n) is 3.78. The number of rotatable bonds is 9. The van der Waals surface area contributed by atoms with Gasteiger partial charge in [-0.3, -0.25) is 18.7 Å². The second-order valence-electron chi connectivity index (χ2n) is 8.79. The Labute approximate surface area is 219 Å². The van der Waals surface area contributed by atoms with E-state index in [0.29, 0.717) is 30.2 Å². The number of methoxy groups -OCH3 is 1. The molecular weight excluding hydrogens is 513 g/mol. The second kappa shape index (κ2) is 10.9. The van der Waals surface area contributed by atoms with E-state index in [9.17, 15) is 22.8 Å². The van der Waals surface area contributed by atoms with Crippen LogP contribution in [0.3, 0.4) is 0 Å². The third-order valence-corrected chi connectivity index (χ3v) is 7.32. The predicted octanol–water partition coefficient (Wildman–Crippen LogP) is -0.241. The van der Waals surface area contributed by atoms with E-state index in [2.05, 4.69) is 22.1 Å². The molecule has 1 aliphatic rings. The molecule has 3 aromatic rings. The summed E-state index contributed by atoms with van der Waals surface area (Å²) >= 11 is 0. The molecule has 0 bridgehead atoms. The molecule has 38 heavy (non-hydrogen) atoms. The minimum Gasteiger partial charge on any atom is -0.491 e. The number of imidazole rings is 1. The Morgan fingerprint density at radius 2 is 1.92 bits per heavy atom. The lowest BCUT2D eigenvalue weighted by molar-refractivity contribution is -0.117. The Bertz CT molecular complexity index is 1690. The molecule has 0 unspecified atom stereocenters. The van der Waals surface area contributed by atoms with Crippen molar-refractivity contribution in [2.24, 2.45) is 20.0 Å². The van der Waals surface area contributed by atoms with Gasteiger partial charge in [-0.15, -0.1) is 0 Å². The molecule has 0 spiro atoms. The SMILES string of the molecule is [B]CS(=O)(=O)c1nc2c(c(=O)n(C)c(=O)n2CC#Cc2cc(NC(=O)C3CC3)cc(OCCOC)c2)n1C. The van der Waals surface area contributed by atoms with E-state index in [0.717, 1.165) is 26.5 Å². The third kappa shape index (κ3) is 5.53. The summed E-state index contributed by atoms with van der Waals surface area (Å²) < 4.78 is 38.6. The molecule has 0 aliphatic heterocycles. The second-order valence-corrected chi connectivity index (χ2v) is 10.7. The predicted molar refractivity (Wildman–Crippen MR) is 140 cm³/mol. The molecule has 1 aliphatic carbocycles. The van der Waals surface area contributed by atoms with Crippen molar-refractivity contribution in [3.63, 3.8) is 0 Å². The minimum absolute atomic E-state index is 0.00737. The molecule has 0 atom stereocenters. The van der Waals surface area contributed by atoms with Gasteiger partial charge in [0.25, 0.3) is 5.56 Å². The Balaban J connectivity index is 1.72. The van der Waals surface area contributed by atoms with E-state index < -0.39 is 31.9 Å². The maximum atomic E-state index is 12.9. The zero-order valence-electron chi connectivity index (χ0n) is 21.2. The van der Waals surface area contributed by atoms with Crippen molar-refractivity contribution < 1.29 is 22.7 Å². The Hall–Kier alpha value is -3.83. The number of nitrogens with one attached hydrogen (secondary N) is 1. The van der Waals surface area contributed by atoms with E-state index >= 15 is 0 Å². The van der Waals surface area contributed by atoms with E-state index in [-0.39, 0.29) is 29.5 Å². The van der Waals surface area contributed by atoms with Crippen LogP contribution in [0.15, 0.2) is 32.9 Å². The summed E-state index contributed by atoms with van der Waals surface area (Å²) in [6.07, 6.45) is 1.71. The first-order valence-electron chi connectivity index (χ1n) is 11.7. The number of carbonyl (C=O) groups excluding carboxylic acids is 1. The van der Waals surface area contributed by atoms with Crippen molar-refractivity contribution in [1.82, 2.24) is 18.7 Å². The fraction of sp³-hybridized carbons (Fsp3) is 0.417. The summed E-state index contributed by atoms with van der Waals surface area (Å²) in [6, 6.07) is 5.05. The molecule has 2 radical (unpaired) electrons. The minimum atomic E-state index is -3.97. The van der Waals surface area contributed by atoms with Gasteiger partial charge in [0.05, 0.1) is 21.0 Å². The highest BCUT2D eigenvalue weighted by Gasteiger charge is 2.29. The smallest absolute Gasteiger partial charge is 0.333 e. The number of nitrogens with zero attached hydrogens (tertiary/aromatic N) is 4. The van der Waals surface area contributed by atoms with Gasteiger partial charge in [0.2, 0.25) is 20.9 Å². The number of ether oxygens (including phenoxy) is 2. The summed E-state index contributed by atoms with van der Waals surface area (Å²) in [5.74, 6) is 6.22. The highest BCUT2D eigenvalue weighted by molar-refractivity contribution is 7.92. The van der Waals surface area contributed by atoms with Crippen LogP contribution < -0.4 is 21.3 Å². The zero-order valence-corrected chi connectivity index (χ0v) is 22.0. The van der Waals surface area contributed by atoms with Gasteiger partial charge in [-0.1, -0.05) is 11.8 Å². The molecule has 1 fully saturated rings. The quantitative estimate of drug-likeness (QED) is 0.223. The van der Waals surface area contributed by atoms with Crippen LogP contribution >= 0.6 is 0 Å². The molecule has 1 amide bonds. The number of hydrogen-bond acceptors (Lipinski definition) is 8. The van der Waals surface area contributed by atoms with Crippen LogP contribution in [-0.4, -0.2) is 66.8 Å². The molecule has 1 aromatic carbocycles. The average molecular weight is 539 g/mol. The molecule has 198 valence electrons. The largest absolute Gasteiger partial charge is 0.491 e. The summed E-state index contributed by atoms with van der Waals surface area (Å²) in [5.41, 5.74) is -1.27. The molecule has 2 heterocycles. The van der Waals surface area contributed by atoms with Crippen LogP contribution in [0.2, 0.25) is 0 Å². The number of carbonyl (C=O) groups is 1. The van der Waals surface area contributed by atoms with Gasteiger partial charge in [0.1, 0.15) is 12.4 Å². The standard InChI is InChI=1S/C24H26BN5O7S/c1-28-19-20(27-23(28)38(34,35)14-25)30(24(33)29(2)22(19)32)8-4-5-15-11-17(26-21(31)16-6-7-16)13-18(12-15)37-10-9-36-3/h11-13,16H,6-10,14H2,1-3H3,(H,26,31). The molecule has 2 aromatic heterocycles. The van der Waals surface area contributed by atoms with Crippen molar-refractivity contribution >= 4 is 40.4 Å². The van der Waals surface area contributed by atoms with Crippen LogP contribution in [0.5, 0.6) is 5.75 Å². The lowest BCUT2D eigenvalue weighted by atomic mass is 10.2. The first kappa shape index (κ1) is 27.2. The third-order valence-electron chi connectivity index (χ3n) is 5.96. The summed E-state index contributed by atoms with van der Waals surface area (Å²) in [5, 5.41) is 2.45. The Kier molecular flexibility index (Phi) is 7.79. The number of aryl methyl sites for hydroxylation is 1. The van der Waals surface area contributed by atoms with Crippen LogP contribution in [0.25, 0.3) is 11.2 Å². The highest BCUT2D eigenvalue weighted by Crippen LogP contribution is 2.31. The maximum absolute atomic E-state index is 12.9. The number of hydrogen-bond donors (Lipinski definition) is 1. The Morgan fingerprint density at radius 3 is 2.58 bits per heavy atom. The van der Waals surface area contributed by atoms with Crippen molar-refractivity contribution in [2.45, 2.75) is 24.5 Å². The van der Waals surface area contributed by atoms with Gasteiger partial charge in [-0.2, -0.15) is 4.98 Å². The van der Waals surface area contributed by atoms with Gasteiger partial charge >= 0.3 is 5.69 Å². The average Bonchev–Trinajstić information content (AvgIpc) is 3.67. The van der Waals surface area contributed by atoms with Crippen LogP contribution in [0, 0.1) is 17.8 Å². The lowest BCUT2D eigenvalue weighted by Gasteiger charge is -2.10. The molecule has 0 saturated heterocycles. The van der Waals surface area contributed by atoms with E-state index in [4.69, 9.17) is 17.3 Å². The Morgan fingerprint density at radius 1 is 1.18 bits per heavy atom. The van der Waals surface area contributed by atoms with E-state index in [1.54, 1.807) is 25.3 Å². The topological polar surface area (TPSA) is 144 Å². The van der Waals surface area contributed by atoms with Crippen LogP contribution in [0.1, 0.15) is 18.4 Å². The first-order valence-corrected chi connectivity index (χ1v) is 13.4. The van der Waals surface area contributed by atoms with Gasteiger partial charge in [0.15, 0.2) is 11.2 Å². The molecule has 4 rings (SSSR count). The maximum Gasteiger partial charge on any atom is 0.333 e. The van der Waals surface area contributed by atoms with Crippen molar-refractivity contribution in [1.29, 1.82) is 0 Å². The molecular formula is C24H26BN5O7S. The number of benzene rings is 1. The lowest BCUT2D eigenvalue weighted by Crippen LogP contribution is -2.38. The summed E-state index contributed by atoms with van der Waals surface area (Å²) in [7, 11) is 5.60. The van der Waals surface area contributed by atoms with Crippen molar-refractivity contribution in [3.8, 4) is 17.6 Å². The van der Waals surface area contributed by atoms with Gasteiger partial charge in [-0.05, 0) is 25.0 Å². The van der Waals surface area contributed by atoms with Gasteiger partial charge < -0.3 is 19.4 Å². The summed E-state index contributed by atoms with van der Waals surface area (Å²) in [6.45, 7) is 0.473. The number of fused-ring (bicyclic) bond motifs is 1. The van der Waals surface area contributed by atoms with Crippen molar-refractivity contribution in [3.05, 3.63) is 44.6 Å². The van der Waals surface area contributed by atoms with E-state index in [1.165, 1.54) is 14.1 Å². The van der Waals surface area contributed by atoms with Crippen LogP contribution in [-0.2, 0) is 40.0 Å². The molecule has 1 N–H and O–H groups in total. The molecule has 12 nitrogen and oxygen atoms in total. The number of amides is 1. The van der Waals surface area contributed by atoms with E-state index in [1.807, 2.05) is 0 Å². The first-order chi connectivity index (χ1) is 18.1. The number of sulfone groups is 1. The van der Waals surface area contributed by atoms with Crippen molar-refractivity contribution in [2.75, 3.05) is 31.3 Å². The molecule has 1 saturated carbocycles. The fourth-order valence-corrected chi connectivity index (χ4v) is 4.67. The monoisotopic (exact) mass is 539 g/mol. The number of anilines is 1. The summed E-state index contributed by atoms with van der Waals surface area (Å²) in [4.78, 5) is 42.0. The zero-order chi connectivity index (χ0) is 27.6. The molecule has 14 heteroatoms. The number of aromatic nitrogens is 4. The van der Waals surface area contributed by atoms with Gasteiger partial charge in [0, 0.05) is 50.1 Å².